The second-order valence-corrected chi connectivity index (χ2v) is 7.09. The average molecular weight is 308 g/mol. The summed E-state index contributed by atoms with van der Waals surface area (Å²) in [7, 11) is -1.50. The average Bonchev–Trinajstić information content (AvgIpc) is 2.88. The zero-order valence-electron chi connectivity index (χ0n) is 12.2. The van der Waals surface area contributed by atoms with Crippen molar-refractivity contribution in [3.05, 3.63) is 23.8 Å². The second kappa shape index (κ2) is 6.20. The SMILES string of the molecule is Cc1ccc(OC2CCOC3(CCSC3)C2)c(B(O)O)c1. The van der Waals surface area contributed by atoms with Gasteiger partial charge in [-0.1, -0.05) is 17.7 Å². The Morgan fingerprint density at radius 1 is 1.43 bits per heavy atom. The lowest BCUT2D eigenvalue weighted by atomic mass is 9.78. The number of thioether (sulfide) groups is 1. The fraction of sp³-hybridized carbons (Fsp3) is 0.600. The van der Waals surface area contributed by atoms with Gasteiger partial charge in [-0.2, -0.15) is 11.8 Å². The molecule has 2 aliphatic rings. The van der Waals surface area contributed by atoms with Gasteiger partial charge in [-0.3, -0.25) is 0 Å². The van der Waals surface area contributed by atoms with E-state index < -0.39 is 7.12 Å². The van der Waals surface area contributed by atoms with Gasteiger partial charge >= 0.3 is 7.12 Å². The summed E-state index contributed by atoms with van der Waals surface area (Å²) >= 11 is 1.94. The van der Waals surface area contributed by atoms with E-state index in [4.69, 9.17) is 9.47 Å². The fourth-order valence-corrected chi connectivity index (χ4v) is 4.48. The number of hydrogen-bond acceptors (Lipinski definition) is 5. The van der Waals surface area contributed by atoms with Crippen molar-refractivity contribution in [3.8, 4) is 5.75 Å². The van der Waals surface area contributed by atoms with Crippen LogP contribution in [0.15, 0.2) is 18.2 Å². The molecule has 114 valence electrons. The van der Waals surface area contributed by atoms with E-state index >= 15 is 0 Å². The van der Waals surface area contributed by atoms with E-state index in [0.29, 0.717) is 17.8 Å². The number of rotatable bonds is 3. The van der Waals surface area contributed by atoms with Crippen molar-refractivity contribution >= 4 is 24.3 Å². The van der Waals surface area contributed by atoms with Crippen LogP contribution in [0, 0.1) is 6.92 Å². The van der Waals surface area contributed by atoms with Gasteiger partial charge in [-0.15, -0.1) is 0 Å². The third kappa shape index (κ3) is 3.39. The van der Waals surface area contributed by atoms with Crippen molar-refractivity contribution in [1.29, 1.82) is 0 Å². The van der Waals surface area contributed by atoms with Crippen LogP contribution in [0.5, 0.6) is 5.75 Å². The van der Waals surface area contributed by atoms with Crippen LogP contribution >= 0.6 is 11.8 Å². The van der Waals surface area contributed by atoms with Gasteiger partial charge in [0.2, 0.25) is 0 Å². The first-order valence-corrected chi connectivity index (χ1v) is 8.58. The molecule has 4 nitrogen and oxygen atoms in total. The minimum absolute atomic E-state index is 0.0315. The summed E-state index contributed by atoms with van der Waals surface area (Å²) < 4.78 is 12.1. The maximum atomic E-state index is 9.51. The molecular weight excluding hydrogens is 287 g/mol. The zero-order chi connectivity index (χ0) is 14.9. The van der Waals surface area contributed by atoms with E-state index in [1.54, 1.807) is 6.07 Å². The van der Waals surface area contributed by atoms with Crippen molar-refractivity contribution in [2.24, 2.45) is 0 Å². The normalized spacial score (nSPS) is 28.8. The largest absolute Gasteiger partial charge is 0.492 e. The Bertz CT molecular complexity index is 502. The molecule has 1 aromatic rings. The lowest BCUT2D eigenvalue weighted by Gasteiger charge is -2.37. The Kier molecular flexibility index (Phi) is 4.50. The van der Waals surface area contributed by atoms with Crippen LogP contribution in [0.2, 0.25) is 0 Å². The van der Waals surface area contributed by atoms with Crippen LogP contribution < -0.4 is 10.2 Å². The number of hydrogen-bond donors (Lipinski definition) is 2. The molecule has 1 aromatic carbocycles. The lowest BCUT2D eigenvalue weighted by molar-refractivity contribution is -0.0957. The molecule has 2 fully saturated rings. The first-order valence-electron chi connectivity index (χ1n) is 7.43. The van der Waals surface area contributed by atoms with Crippen LogP contribution in [0.25, 0.3) is 0 Å². The van der Waals surface area contributed by atoms with E-state index in [2.05, 4.69) is 0 Å². The van der Waals surface area contributed by atoms with Gasteiger partial charge in [0.1, 0.15) is 11.9 Å². The van der Waals surface area contributed by atoms with Crippen molar-refractivity contribution in [2.75, 3.05) is 18.1 Å². The zero-order valence-corrected chi connectivity index (χ0v) is 13.1. The Morgan fingerprint density at radius 2 is 2.29 bits per heavy atom. The topological polar surface area (TPSA) is 58.9 Å². The first kappa shape index (κ1) is 15.2. The van der Waals surface area contributed by atoms with E-state index in [1.165, 1.54) is 0 Å². The maximum Gasteiger partial charge on any atom is 0.492 e. The third-order valence-corrected chi connectivity index (χ3v) is 5.47. The Hall–Kier alpha value is -0.685. The lowest BCUT2D eigenvalue weighted by Crippen LogP contribution is -2.44. The summed E-state index contributed by atoms with van der Waals surface area (Å²) in [5.74, 6) is 2.76. The van der Waals surface area contributed by atoms with Gasteiger partial charge in [0.25, 0.3) is 0 Å². The molecule has 0 radical (unpaired) electrons. The maximum absolute atomic E-state index is 9.51. The van der Waals surface area contributed by atoms with E-state index in [0.717, 1.165) is 36.3 Å². The highest BCUT2D eigenvalue weighted by Crippen LogP contribution is 2.39. The monoisotopic (exact) mass is 308 g/mol. The highest BCUT2D eigenvalue weighted by molar-refractivity contribution is 7.99. The summed E-state index contributed by atoms with van der Waals surface area (Å²) in [6.45, 7) is 2.64. The molecule has 2 atom stereocenters. The van der Waals surface area contributed by atoms with E-state index in [9.17, 15) is 10.0 Å². The van der Waals surface area contributed by atoms with Crippen LogP contribution in [-0.2, 0) is 4.74 Å². The van der Waals surface area contributed by atoms with Gasteiger partial charge in [0, 0.05) is 24.1 Å². The van der Waals surface area contributed by atoms with Crippen molar-refractivity contribution < 1.29 is 19.5 Å². The molecule has 3 rings (SSSR count). The smallest absolute Gasteiger partial charge is 0.491 e. The summed E-state index contributed by atoms with van der Waals surface area (Å²) in [5, 5.41) is 19.0. The van der Waals surface area contributed by atoms with E-state index in [1.807, 2.05) is 30.8 Å². The molecule has 0 saturated carbocycles. The first-order chi connectivity index (χ1) is 10.1. The van der Waals surface area contributed by atoms with E-state index in [-0.39, 0.29) is 11.7 Å². The van der Waals surface area contributed by atoms with Crippen LogP contribution in [0.3, 0.4) is 0 Å². The predicted molar refractivity (Wildman–Crippen MR) is 85.3 cm³/mol. The quantitative estimate of drug-likeness (QED) is 0.819. The molecule has 0 aliphatic carbocycles. The molecule has 2 aliphatic heterocycles. The van der Waals surface area contributed by atoms with Gasteiger partial charge in [-0.25, -0.2) is 0 Å². The number of ether oxygens (including phenoxy) is 2. The fourth-order valence-electron chi connectivity index (χ4n) is 3.10. The van der Waals surface area contributed by atoms with Gasteiger partial charge < -0.3 is 19.5 Å². The highest BCUT2D eigenvalue weighted by atomic mass is 32.2. The standard InChI is InChI=1S/C15H21BO4S/c1-11-2-3-14(13(8-11)16(17)18)20-12-4-6-19-15(9-12)5-7-21-10-15/h2-3,8,12,17-18H,4-7,9-10H2,1H3. The molecule has 2 saturated heterocycles. The van der Waals surface area contributed by atoms with Gasteiger partial charge in [0.15, 0.2) is 0 Å². The summed E-state index contributed by atoms with van der Waals surface area (Å²) in [4.78, 5) is 0. The summed E-state index contributed by atoms with van der Waals surface area (Å²) in [5.41, 5.74) is 1.40. The molecule has 0 amide bonds. The Morgan fingerprint density at radius 3 is 3.00 bits per heavy atom. The summed E-state index contributed by atoms with van der Waals surface area (Å²) in [6, 6.07) is 5.53. The number of benzene rings is 1. The minimum atomic E-state index is -1.50. The highest BCUT2D eigenvalue weighted by Gasteiger charge is 2.41. The Labute approximate surface area is 130 Å². The number of aryl methyl sites for hydroxylation is 1. The van der Waals surface area contributed by atoms with Crippen LogP contribution in [-0.4, -0.2) is 47.0 Å². The molecular formula is C15H21BO4S. The van der Waals surface area contributed by atoms with Crippen molar-refractivity contribution in [1.82, 2.24) is 0 Å². The van der Waals surface area contributed by atoms with Crippen molar-refractivity contribution in [2.45, 2.75) is 37.9 Å². The van der Waals surface area contributed by atoms with Crippen molar-refractivity contribution in [3.63, 3.8) is 0 Å². The van der Waals surface area contributed by atoms with Gasteiger partial charge in [0.05, 0.1) is 12.2 Å². The predicted octanol–water partition coefficient (Wildman–Crippen LogP) is 1.11. The molecule has 0 bridgehead atoms. The molecule has 0 aromatic heterocycles. The summed E-state index contributed by atoms with van der Waals surface area (Å²) in [6.07, 6.45) is 2.90. The molecule has 2 N–H and O–H groups in total. The third-order valence-electron chi connectivity index (χ3n) is 4.25. The molecule has 6 heteroatoms. The van der Waals surface area contributed by atoms with Gasteiger partial charge in [-0.05, 0) is 25.2 Å². The molecule has 2 unspecified atom stereocenters. The molecule has 21 heavy (non-hydrogen) atoms. The minimum Gasteiger partial charge on any atom is -0.491 e. The second-order valence-electron chi connectivity index (χ2n) is 5.98. The Balaban J connectivity index is 1.74. The molecule has 2 heterocycles. The van der Waals surface area contributed by atoms with Crippen LogP contribution in [0.1, 0.15) is 24.8 Å². The molecule has 1 spiro atoms. The van der Waals surface area contributed by atoms with Crippen LogP contribution in [0.4, 0.5) is 0 Å².